The third kappa shape index (κ3) is 3.94. The third-order valence-corrected chi connectivity index (χ3v) is 4.28. The highest BCUT2D eigenvalue weighted by atomic mass is 19.1. The molecule has 1 saturated carbocycles. The van der Waals surface area contributed by atoms with Gasteiger partial charge in [0.1, 0.15) is 11.6 Å². The van der Waals surface area contributed by atoms with Gasteiger partial charge in [-0.2, -0.15) is 20.1 Å². The Labute approximate surface area is 153 Å². The van der Waals surface area contributed by atoms with Crippen LogP contribution in [0, 0.1) is 11.6 Å². The van der Waals surface area contributed by atoms with Gasteiger partial charge in [0.05, 0.1) is 6.04 Å². The number of halogens is 2. The van der Waals surface area contributed by atoms with Crippen LogP contribution in [0.25, 0.3) is 0 Å². The Morgan fingerprint density at radius 1 is 1.15 bits per heavy atom. The van der Waals surface area contributed by atoms with Crippen LogP contribution >= 0.6 is 0 Å². The Morgan fingerprint density at radius 3 is 2.70 bits per heavy atom. The van der Waals surface area contributed by atoms with Crippen molar-refractivity contribution in [1.29, 1.82) is 0 Å². The van der Waals surface area contributed by atoms with E-state index in [0.717, 1.165) is 36.7 Å². The van der Waals surface area contributed by atoms with Gasteiger partial charge in [-0.25, -0.2) is 8.78 Å². The SMILES string of the molecule is CC(Nc1nc(N)nc(Nc2cc(C3CC3)[nH]n2)n1)c1cc(F)ccc1F. The van der Waals surface area contributed by atoms with Crippen LogP contribution in [0.1, 0.15) is 43.0 Å². The van der Waals surface area contributed by atoms with E-state index in [0.29, 0.717) is 11.7 Å². The maximum Gasteiger partial charge on any atom is 0.235 e. The lowest BCUT2D eigenvalue weighted by Crippen LogP contribution is -2.14. The number of anilines is 4. The van der Waals surface area contributed by atoms with Crippen molar-refractivity contribution < 1.29 is 8.78 Å². The number of rotatable bonds is 6. The molecule has 8 nitrogen and oxygen atoms in total. The van der Waals surface area contributed by atoms with Crippen molar-refractivity contribution in [3.63, 3.8) is 0 Å². The second-order valence-electron chi connectivity index (χ2n) is 6.48. The number of nitrogens with one attached hydrogen (secondary N) is 3. The molecule has 0 spiro atoms. The van der Waals surface area contributed by atoms with Gasteiger partial charge in [-0.1, -0.05) is 0 Å². The first-order chi connectivity index (χ1) is 13.0. The van der Waals surface area contributed by atoms with E-state index in [2.05, 4.69) is 35.8 Å². The summed E-state index contributed by atoms with van der Waals surface area (Å²) in [5, 5.41) is 13.0. The molecular weight excluding hydrogens is 354 g/mol. The molecule has 0 saturated heterocycles. The molecule has 0 amide bonds. The van der Waals surface area contributed by atoms with Crippen LogP contribution in [0.5, 0.6) is 0 Å². The molecule has 1 aromatic carbocycles. The first-order valence-electron chi connectivity index (χ1n) is 8.53. The molecule has 10 heteroatoms. The normalized spacial score (nSPS) is 14.8. The van der Waals surface area contributed by atoms with Gasteiger partial charge in [-0.15, -0.1) is 0 Å². The van der Waals surface area contributed by atoms with Gasteiger partial charge in [-0.3, -0.25) is 5.10 Å². The Morgan fingerprint density at radius 2 is 1.93 bits per heavy atom. The van der Waals surface area contributed by atoms with Crippen LogP contribution in [0.15, 0.2) is 24.3 Å². The maximum absolute atomic E-state index is 13.9. The summed E-state index contributed by atoms with van der Waals surface area (Å²) in [6, 6.07) is 4.58. The fourth-order valence-corrected chi connectivity index (χ4v) is 2.75. The Kier molecular flexibility index (Phi) is 4.30. The quantitative estimate of drug-likeness (QED) is 0.525. The van der Waals surface area contributed by atoms with E-state index in [4.69, 9.17) is 5.73 Å². The summed E-state index contributed by atoms with van der Waals surface area (Å²) in [4.78, 5) is 12.2. The first-order valence-corrected chi connectivity index (χ1v) is 8.53. The zero-order chi connectivity index (χ0) is 19.0. The molecule has 0 bridgehead atoms. The number of hydrogen-bond donors (Lipinski definition) is 4. The third-order valence-electron chi connectivity index (χ3n) is 4.28. The Hall–Kier alpha value is -3.30. The average molecular weight is 372 g/mol. The zero-order valence-corrected chi connectivity index (χ0v) is 14.5. The smallest absolute Gasteiger partial charge is 0.235 e. The number of benzene rings is 1. The average Bonchev–Trinajstić information content (AvgIpc) is 3.36. The van der Waals surface area contributed by atoms with E-state index in [-0.39, 0.29) is 23.4 Å². The van der Waals surface area contributed by atoms with Gasteiger partial charge in [0.2, 0.25) is 17.8 Å². The minimum absolute atomic E-state index is 0.0140. The van der Waals surface area contributed by atoms with E-state index >= 15 is 0 Å². The highest BCUT2D eigenvalue weighted by Gasteiger charge is 2.25. The minimum Gasteiger partial charge on any atom is -0.368 e. The van der Waals surface area contributed by atoms with Crippen LogP contribution in [0.2, 0.25) is 0 Å². The molecule has 5 N–H and O–H groups in total. The molecule has 1 atom stereocenters. The first kappa shape index (κ1) is 17.1. The Balaban J connectivity index is 1.51. The zero-order valence-electron chi connectivity index (χ0n) is 14.5. The monoisotopic (exact) mass is 372 g/mol. The van der Waals surface area contributed by atoms with Crippen molar-refractivity contribution in [3.05, 3.63) is 47.2 Å². The van der Waals surface area contributed by atoms with E-state index in [1.165, 1.54) is 0 Å². The summed E-state index contributed by atoms with van der Waals surface area (Å²) >= 11 is 0. The molecule has 0 radical (unpaired) electrons. The highest BCUT2D eigenvalue weighted by molar-refractivity contribution is 5.52. The number of aromatic amines is 1. The van der Waals surface area contributed by atoms with Crippen LogP contribution in [0.3, 0.4) is 0 Å². The molecule has 2 heterocycles. The van der Waals surface area contributed by atoms with E-state index in [9.17, 15) is 8.78 Å². The number of H-pyrrole nitrogens is 1. The van der Waals surface area contributed by atoms with Gasteiger partial charge < -0.3 is 16.4 Å². The fraction of sp³-hybridized carbons (Fsp3) is 0.294. The van der Waals surface area contributed by atoms with E-state index in [1.54, 1.807) is 6.92 Å². The lowest BCUT2D eigenvalue weighted by Gasteiger charge is -2.15. The molecular formula is C17H18F2N8. The molecule has 27 heavy (non-hydrogen) atoms. The van der Waals surface area contributed by atoms with Gasteiger partial charge in [0, 0.05) is 23.2 Å². The molecule has 3 aromatic rings. The molecule has 1 aliphatic rings. The van der Waals surface area contributed by atoms with E-state index < -0.39 is 17.7 Å². The molecule has 2 aromatic heterocycles. The van der Waals surface area contributed by atoms with Crippen LogP contribution in [-0.2, 0) is 0 Å². The summed E-state index contributed by atoms with van der Waals surface area (Å²) in [5.41, 5.74) is 6.96. The molecule has 0 aliphatic heterocycles. The molecule has 140 valence electrons. The number of nitrogen functional groups attached to an aromatic ring is 1. The lowest BCUT2D eigenvalue weighted by molar-refractivity contribution is 0.576. The summed E-state index contributed by atoms with van der Waals surface area (Å²) in [5.74, 6) is 0.376. The van der Waals surface area contributed by atoms with Crippen molar-refractivity contribution in [2.75, 3.05) is 16.4 Å². The molecule has 1 unspecified atom stereocenters. The molecule has 1 aliphatic carbocycles. The minimum atomic E-state index is -0.581. The fourth-order valence-electron chi connectivity index (χ4n) is 2.75. The van der Waals surface area contributed by atoms with Crippen LogP contribution < -0.4 is 16.4 Å². The second-order valence-corrected chi connectivity index (χ2v) is 6.48. The van der Waals surface area contributed by atoms with Crippen molar-refractivity contribution >= 4 is 23.7 Å². The summed E-state index contributed by atoms with van der Waals surface area (Å²) < 4.78 is 27.3. The van der Waals surface area contributed by atoms with Crippen molar-refractivity contribution in [1.82, 2.24) is 25.1 Å². The summed E-state index contributed by atoms with van der Waals surface area (Å²) in [6.45, 7) is 1.67. The summed E-state index contributed by atoms with van der Waals surface area (Å²) in [6.07, 6.45) is 2.31. The number of aromatic nitrogens is 5. The summed E-state index contributed by atoms with van der Waals surface area (Å²) in [7, 11) is 0. The number of nitrogens with zero attached hydrogens (tertiary/aromatic N) is 4. The Bertz CT molecular complexity index is 969. The number of nitrogens with two attached hydrogens (primary N) is 1. The van der Waals surface area contributed by atoms with Crippen molar-refractivity contribution in [3.8, 4) is 0 Å². The second kappa shape index (κ2) is 6.78. The predicted octanol–water partition coefficient (Wildman–Crippen LogP) is 3.25. The van der Waals surface area contributed by atoms with Crippen molar-refractivity contribution in [2.24, 2.45) is 0 Å². The number of hydrogen-bond acceptors (Lipinski definition) is 7. The topological polar surface area (TPSA) is 117 Å². The predicted molar refractivity (Wildman–Crippen MR) is 96.5 cm³/mol. The largest absolute Gasteiger partial charge is 0.368 e. The van der Waals surface area contributed by atoms with Gasteiger partial charge in [0.15, 0.2) is 5.82 Å². The lowest BCUT2D eigenvalue weighted by atomic mass is 10.1. The maximum atomic E-state index is 13.9. The van der Waals surface area contributed by atoms with Gasteiger partial charge >= 0.3 is 0 Å². The highest BCUT2D eigenvalue weighted by Crippen LogP contribution is 2.39. The van der Waals surface area contributed by atoms with Crippen LogP contribution in [0.4, 0.5) is 32.4 Å². The van der Waals surface area contributed by atoms with Gasteiger partial charge in [0.25, 0.3) is 0 Å². The van der Waals surface area contributed by atoms with Crippen LogP contribution in [-0.4, -0.2) is 25.1 Å². The van der Waals surface area contributed by atoms with Gasteiger partial charge in [-0.05, 0) is 38.0 Å². The van der Waals surface area contributed by atoms with E-state index in [1.807, 2.05) is 6.07 Å². The standard InChI is InChI=1S/C17H18F2N8/c1-8(11-6-10(18)4-5-12(11)19)21-16-23-15(20)24-17(25-16)22-14-7-13(26-27-14)9-2-3-9/h4-9H,2-3H2,1H3,(H5,20,21,22,23,24,25,26,27). The molecule has 1 fully saturated rings. The van der Waals surface area contributed by atoms with Crippen molar-refractivity contribution in [2.45, 2.75) is 31.7 Å². The molecule has 4 rings (SSSR count).